The molecule has 1 aromatic heterocycles. The van der Waals surface area contributed by atoms with Crippen LogP contribution < -0.4 is 5.32 Å². The molecule has 4 rings (SSSR count). The highest BCUT2D eigenvalue weighted by Gasteiger charge is 2.38. The van der Waals surface area contributed by atoms with Crippen molar-refractivity contribution in [1.82, 2.24) is 18.6 Å². The Morgan fingerprint density at radius 2 is 1.83 bits per heavy atom. The van der Waals surface area contributed by atoms with Crippen LogP contribution in [0.1, 0.15) is 47.1 Å². The second-order valence-electron chi connectivity index (χ2n) is 7.65. The van der Waals surface area contributed by atoms with Crippen molar-refractivity contribution in [2.24, 2.45) is 0 Å². The van der Waals surface area contributed by atoms with Gasteiger partial charge in [0.2, 0.25) is 0 Å². The summed E-state index contributed by atoms with van der Waals surface area (Å²) in [6.07, 6.45) is 4.01. The molecule has 3 heterocycles. The van der Waals surface area contributed by atoms with E-state index in [1.807, 2.05) is 0 Å². The molecule has 0 aliphatic carbocycles. The van der Waals surface area contributed by atoms with Gasteiger partial charge in [0, 0.05) is 49.0 Å². The number of rotatable bonds is 5. The van der Waals surface area contributed by atoms with Crippen molar-refractivity contribution in [3.63, 3.8) is 0 Å². The number of aryl methyl sites for hydroxylation is 1. The van der Waals surface area contributed by atoms with Crippen molar-refractivity contribution >= 4 is 33.4 Å². The lowest BCUT2D eigenvalue weighted by Gasteiger charge is -2.23. The van der Waals surface area contributed by atoms with Crippen molar-refractivity contribution in [3.8, 4) is 0 Å². The molecule has 8 nitrogen and oxygen atoms in total. The number of nitrogens with zero attached hydrogens (tertiary/aromatic N) is 4. The van der Waals surface area contributed by atoms with Crippen LogP contribution in [0.15, 0.2) is 30.5 Å². The number of aromatic nitrogens is 2. The Morgan fingerprint density at radius 3 is 2.50 bits per heavy atom. The van der Waals surface area contributed by atoms with Crippen LogP contribution in [-0.2, 0) is 10.2 Å². The fourth-order valence-corrected chi connectivity index (χ4v) is 5.74. The third kappa shape index (κ3) is 4.34. The van der Waals surface area contributed by atoms with Gasteiger partial charge in [-0.15, -0.1) is 0 Å². The molecular weight excluding hydrogens is 426 g/mol. The molecule has 2 aliphatic rings. The zero-order chi connectivity index (χ0) is 21.3. The van der Waals surface area contributed by atoms with E-state index in [2.05, 4.69) is 15.3 Å². The highest BCUT2D eigenvalue weighted by molar-refractivity contribution is 7.86. The number of hydrogen-bond donors (Lipinski definition) is 1. The summed E-state index contributed by atoms with van der Waals surface area (Å²) in [6, 6.07) is 6.84. The summed E-state index contributed by atoms with van der Waals surface area (Å²) in [5.74, 6) is 0.204. The first kappa shape index (κ1) is 21.2. The second-order valence-corrected chi connectivity index (χ2v) is 10.0. The summed E-state index contributed by atoms with van der Waals surface area (Å²) < 4.78 is 28.6. The summed E-state index contributed by atoms with van der Waals surface area (Å²) in [6.45, 7) is 3.78. The molecule has 0 unspecified atom stereocenters. The SMILES string of the molecule is Cc1nc([C@@H]2CCN(S(=O)(=O)N3CCCC3)C2)ncc1C(=O)Nc1ccc(Cl)cc1. The summed E-state index contributed by atoms with van der Waals surface area (Å²) in [5, 5.41) is 3.39. The van der Waals surface area contributed by atoms with Gasteiger partial charge in [-0.1, -0.05) is 11.6 Å². The number of hydrogen-bond acceptors (Lipinski definition) is 5. The standard InChI is InChI=1S/C20H24ClN5O3S/c1-14-18(20(27)24-17-6-4-16(21)5-7-17)12-22-19(23-14)15-8-11-26(13-15)30(28,29)25-9-2-3-10-25/h4-7,12,15H,2-3,8-11,13H2,1H3,(H,24,27)/t15-/m1/s1. The molecule has 0 radical (unpaired) electrons. The Morgan fingerprint density at radius 1 is 1.13 bits per heavy atom. The molecule has 0 bridgehead atoms. The minimum Gasteiger partial charge on any atom is -0.322 e. The van der Waals surface area contributed by atoms with Gasteiger partial charge >= 0.3 is 0 Å². The molecule has 1 amide bonds. The van der Waals surface area contributed by atoms with E-state index in [9.17, 15) is 13.2 Å². The molecule has 1 atom stereocenters. The number of anilines is 1. The molecule has 2 aliphatic heterocycles. The second kappa shape index (κ2) is 8.58. The Hall–Kier alpha value is -2.07. The number of amides is 1. The Labute approximate surface area is 181 Å². The maximum atomic E-state index is 12.8. The van der Waals surface area contributed by atoms with Gasteiger partial charge in [-0.3, -0.25) is 4.79 Å². The molecule has 2 saturated heterocycles. The molecule has 160 valence electrons. The van der Waals surface area contributed by atoms with E-state index in [0.29, 0.717) is 60.4 Å². The molecule has 1 N–H and O–H groups in total. The van der Waals surface area contributed by atoms with E-state index < -0.39 is 10.2 Å². The van der Waals surface area contributed by atoms with Crippen LogP contribution in [0.4, 0.5) is 5.69 Å². The van der Waals surface area contributed by atoms with Gasteiger partial charge in [0.25, 0.3) is 16.1 Å². The molecule has 30 heavy (non-hydrogen) atoms. The van der Waals surface area contributed by atoms with E-state index in [0.717, 1.165) is 12.8 Å². The normalized spacial score (nSPS) is 20.5. The topological polar surface area (TPSA) is 95.5 Å². The highest BCUT2D eigenvalue weighted by Crippen LogP contribution is 2.29. The lowest BCUT2D eigenvalue weighted by Crippen LogP contribution is -2.41. The zero-order valence-electron chi connectivity index (χ0n) is 16.7. The van der Waals surface area contributed by atoms with Crippen LogP contribution in [0.2, 0.25) is 5.02 Å². The Kier molecular flexibility index (Phi) is 6.06. The largest absolute Gasteiger partial charge is 0.322 e. The quantitative estimate of drug-likeness (QED) is 0.757. The smallest absolute Gasteiger partial charge is 0.281 e. The average molecular weight is 450 g/mol. The zero-order valence-corrected chi connectivity index (χ0v) is 18.3. The Bertz CT molecular complexity index is 1040. The van der Waals surface area contributed by atoms with Gasteiger partial charge in [0.15, 0.2) is 0 Å². The fourth-order valence-electron chi connectivity index (χ4n) is 3.87. The lowest BCUT2D eigenvalue weighted by molar-refractivity contribution is 0.102. The van der Waals surface area contributed by atoms with Crippen molar-refractivity contribution in [2.75, 3.05) is 31.5 Å². The molecule has 2 fully saturated rings. The molecule has 2 aromatic rings. The van der Waals surface area contributed by atoms with Gasteiger partial charge in [-0.05, 0) is 50.5 Å². The number of nitrogens with one attached hydrogen (secondary N) is 1. The monoisotopic (exact) mass is 449 g/mol. The van der Waals surface area contributed by atoms with Crippen LogP contribution in [0.3, 0.4) is 0 Å². The van der Waals surface area contributed by atoms with Crippen LogP contribution >= 0.6 is 11.6 Å². The van der Waals surface area contributed by atoms with E-state index in [1.165, 1.54) is 10.5 Å². The maximum absolute atomic E-state index is 12.8. The van der Waals surface area contributed by atoms with Crippen molar-refractivity contribution < 1.29 is 13.2 Å². The minimum atomic E-state index is -3.41. The Balaban J connectivity index is 1.44. The molecular formula is C20H24ClN5O3S. The van der Waals surface area contributed by atoms with Crippen LogP contribution in [0.25, 0.3) is 0 Å². The molecule has 1 aromatic carbocycles. The van der Waals surface area contributed by atoms with Gasteiger partial charge in [-0.2, -0.15) is 17.0 Å². The molecule has 0 saturated carbocycles. The third-order valence-corrected chi connectivity index (χ3v) is 7.83. The highest BCUT2D eigenvalue weighted by atomic mass is 35.5. The first-order valence-electron chi connectivity index (χ1n) is 10.0. The summed E-state index contributed by atoms with van der Waals surface area (Å²) in [4.78, 5) is 21.5. The number of halogens is 1. The summed E-state index contributed by atoms with van der Waals surface area (Å²) in [7, 11) is -3.41. The molecule has 0 spiro atoms. The molecule has 10 heteroatoms. The van der Waals surface area contributed by atoms with Gasteiger partial charge in [0.05, 0.1) is 11.3 Å². The van der Waals surface area contributed by atoms with E-state index in [1.54, 1.807) is 35.5 Å². The van der Waals surface area contributed by atoms with Gasteiger partial charge in [-0.25, -0.2) is 9.97 Å². The first-order valence-corrected chi connectivity index (χ1v) is 11.8. The van der Waals surface area contributed by atoms with E-state index >= 15 is 0 Å². The third-order valence-electron chi connectivity index (χ3n) is 5.58. The van der Waals surface area contributed by atoms with Gasteiger partial charge in [0.1, 0.15) is 5.82 Å². The lowest BCUT2D eigenvalue weighted by atomic mass is 10.1. The first-order chi connectivity index (χ1) is 14.3. The number of carbonyl (C=O) groups is 1. The summed E-state index contributed by atoms with van der Waals surface area (Å²) in [5.41, 5.74) is 1.58. The number of benzene rings is 1. The van der Waals surface area contributed by atoms with Crippen molar-refractivity contribution in [3.05, 3.63) is 52.6 Å². The van der Waals surface area contributed by atoms with Crippen molar-refractivity contribution in [2.45, 2.75) is 32.1 Å². The van der Waals surface area contributed by atoms with Crippen molar-refractivity contribution in [1.29, 1.82) is 0 Å². The summed E-state index contributed by atoms with van der Waals surface area (Å²) >= 11 is 5.87. The maximum Gasteiger partial charge on any atom is 0.281 e. The minimum absolute atomic E-state index is 0.0746. The van der Waals surface area contributed by atoms with Gasteiger partial charge < -0.3 is 5.32 Å². The van der Waals surface area contributed by atoms with E-state index in [-0.39, 0.29) is 11.8 Å². The predicted octanol–water partition coefficient (Wildman–Crippen LogP) is 2.82. The average Bonchev–Trinajstić information content (AvgIpc) is 3.42. The predicted molar refractivity (Wildman–Crippen MR) is 115 cm³/mol. The fraction of sp³-hybridized carbons (Fsp3) is 0.450. The number of carbonyl (C=O) groups excluding carboxylic acids is 1. The van der Waals surface area contributed by atoms with Crippen LogP contribution in [0.5, 0.6) is 0 Å². The van der Waals surface area contributed by atoms with Crippen LogP contribution in [-0.4, -0.2) is 59.1 Å². The van der Waals surface area contributed by atoms with Crippen LogP contribution in [0, 0.1) is 6.92 Å². The van der Waals surface area contributed by atoms with E-state index in [4.69, 9.17) is 11.6 Å².